The summed E-state index contributed by atoms with van der Waals surface area (Å²) in [6.45, 7) is 4.12. The fourth-order valence-electron chi connectivity index (χ4n) is 2.76. The van der Waals surface area contributed by atoms with Gasteiger partial charge in [0.2, 0.25) is 0 Å². The smallest absolute Gasteiger partial charge is 0.288 e. The number of carbonyl (C=O) groups is 1. The van der Waals surface area contributed by atoms with Crippen molar-refractivity contribution in [2.24, 2.45) is 5.10 Å². The van der Waals surface area contributed by atoms with Gasteiger partial charge in [-0.15, -0.1) is 0 Å². The summed E-state index contributed by atoms with van der Waals surface area (Å²) >= 11 is 11.8. The molecule has 1 aromatic heterocycles. The number of para-hydroxylation sites is 1. The lowest BCUT2D eigenvalue weighted by Crippen LogP contribution is -2.19. The number of hydrogen-bond acceptors (Lipinski definition) is 2. The van der Waals surface area contributed by atoms with Gasteiger partial charge in [-0.2, -0.15) is 5.10 Å². The van der Waals surface area contributed by atoms with Crippen LogP contribution in [-0.2, 0) is 0 Å². The molecule has 3 aromatic rings. The summed E-state index contributed by atoms with van der Waals surface area (Å²) in [5.74, 6) is -0.0767. The van der Waals surface area contributed by atoms with E-state index in [0.29, 0.717) is 15.7 Å². The standard InChI is InChI=1S/C19H17Cl2N3O/c1-11(2)17-13-5-3-4-6-16(13)23-18(17)19(25)24-22-10-12-7-8-14(20)15(21)9-12/h3-11,23H,1-2H3,(H,24,25)/b22-10+. The quantitative estimate of drug-likeness (QED) is 0.469. The second kappa shape index (κ2) is 7.30. The Morgan fingerprint density at radius 1 is 1.16 bits per heavy atom. The van der Waals surface area contributed by atoms with Crippen LogP contribution in [0.25, 0.3) is 10.9 Å². The first-order chi connectivity index (χ1) is 12.0. The fraction of sp³-hybridized carbons (Fsp3) is 0.158. The number of rotatable bonds is 4. The molecule has 0 saturated carbocycles. The molecule has 0 saturated heterocycles. The van der Waals surface area contributed by atoms with Gasteiger partial charge in [-0.05, 0) is 35.2 Å². The van der Waals surface area contributed by atoms with Crippen molar-refractivity contribution in [3.8, 4) is 0 Å². The highest BCUT2D eigenvalue weighted by Gasteiger charge is 2.19. The molecular formula is C19H17Cl2N3O. The molecule has 0 atom stereocenters. The highest BCUT2D eigenvalue weighted by atomic mass is 35.5. The summed E-state index contributed by atoms with van der Waals surface area (Å²) < 4.78 is 0. The second-order valence-corrected chi connectivity index (χ2v) is 6.80. The van der Waals surface area contributed by atoms with Crippen LogP contribution in [0.4, 0.5) is 0 Å². The number of nitrogens with zero attached hydrogens (tertiary/aromatic N) is 1. The molecule has 1 heterocycles. The third-order valence-corrected chi connectivity index (χ3v) is 4.61. The number of amides is 1. The maximum atomic E-state index is 12.5. The number of carbonyl (C=O) groups excluding carboxylic acids is 1. The maximum absolute atomic E-state index is 12.5. The SMILES string of the molecule is CC(C)c1c(C(=O)N/N=C/c2ccc(Cl)c(Cl)c2)[nH]c2ccccc12. The molecule has 0 aliphatic rings. The molecule has 0 aliphatic heterocycles. The van der Waals surface area contributed by atoms with Crippen molar-refractivity contribution in [1.29, 1.82) is 0 Å². The zero-order valence-corrected chi connectivity index (χ0v) is 15.3. The van der Waals surface area contributed by atoms with E-state index in [1.54, 1.807) is 18.2 Å². The van der Waals surface area contributed by atoms with Gasteiger partial charge in [0, 0.05) is 10.9 Å². The third-order valence-electron chi connectivity index (χ3n) is 3.87. The molecule has 2 N–H and O–H groups in total. The van der Waals surface area contributed by atoms with E-state index in [1.165, 1.54) is 6.21 Å². The average molecular weight is 374 g/mol. The van der Waals surface area contributed by atoms with Crippen LogP contribution in [0.2, 0.25) is 10.0 Å². The molecule has 0 bridgehead atoms. The molecule has 0 fully saturated rings. The van der Waals surface area contributed by atoms with Crippen molar-refractivity contribution >= 4 is 46.2 Å². The number of benzene rings is 2. The number of hydrogen-bond donors (Lipinski definition) is 2. The van der Waals surface area contributed by atoms with Crippen LogP contribution in [0, 0.1) is 0 Å². The van der Waals surface area contributed by atoms with Gasteiger partial charge in [-0.25, -0.2) is 5.43 Å². The number of aromatic nitrogens is 1. The Balaban J connectivity index is 1.83. The molecule has 0 aliphatic carbocycles. The van der Waals surface area contributed by atoms with Gasteiger partial charge < -0.3 is 4.98 Å². The molecule has 3 rings (SSSR count). The van der Waals surface area contributed by atoms with E-state index in [0.717, 1.165) is 22.0 Å². The summed E-state index contributed by atoms with van der Waals surface area (Å²) in [4.78, 5) is 15.7. The molecule has 4 nitrogen and oxygen atoms in total. The summed E-state index contributed by atoms with van der Waals surface area (Å²) in [5.41, 5.74) is 5.76. The van der Waals surface area contributed by atoms with Crippen LogP contribution in [0.5, 0.6) is 0 Å². The van der Waals surface area contributed by atoms with Crippen molar-refractivity contribution in [2.45, 2.75) is 19.8 Å². The van der Waals surface area contributed by atoms with E-state index in [-0.39, 0.29) is 11.8 Å². The Morgan fingerprint density at radius 3 is 2.64 bits per heavy atom. The molecule has 6 heteroatoms. The van der Waals surface area contributed by atoms with Gasteiger partial charge in [0.05, 0.1) is 16.3 Å². The fourth-order valence-corrected chi connectivity index (χ4v) is 3.06. The van der Waals surface area contributed by atoms with Crippen molar-refractivity contribution in [2.75, 3.05) is 0 Å². The molecule has 25 heavy (non-hydrogen) atoms. The first-order valence-corrected chi connectivity index (χ1v) is 8.62. The first-order valence-electron chi connectivity index (χ1n) is 7.86. The molecule has 1 amide bonds. The lowest BCUT2D eigenvalue weighted by molar-refractivity contribution is 0.0949. The minimum atomic E-state index is -0.281. The van der Waals surface area contributed by atoms with Gasteiger partial charge in [0.15, 0.2) is 0 Å². The highest BCUT2D eigenvalue weighted by Crippen LogP contribution is 2.29. The minimum absolute atomic E-state index is 0.205. The van der Waals surface area contributed by atoms with Gasteiger partial charge >= 0.3 is 0 Å². The maximum Gasteiger partial charge on any atom is 0.288 e. The zero-order chi connectivity index (χ0) is 18.0. The number of H-pyrrole nitrogens is 1. The van der Waals surface area contributed by atoms with E-state index < -0.39 is 0 Å². The number of halogens is 2. The minimum Gasteiger partial charge on any atom is -0.350 e. The van der Waals surface area contributed by atoms with E-state index in [1.807, 2.05) is 24.3 Å². The molecule has 2 aromatic carbocycles. The van der Waals surface area contributed by atoms with Crippen molar-refractivity contribution in [3.05, 3.63) is 69.3 Å². The largest absolute Gasteiger partial charge is 0.350 e. The van der Waals surface area contributed by atoms with Crippen molar-refractivity contribution < 1.29 is 4.79 Å². The Hall–Kier alpha value is -2.30. The number of hydrazone groups is 1. The van der Waals surface area contributed by atoms with Gasteiger partial charge in [0.25, 0.3) is 5.91 Å². The Kier molecular flexibility index (Phi) is 5.11. The summed E-state index contributed by atoms with van der Waals surface area (Å²) in [5, 5.41) is 5.98. The molecule has 0 spiro atoms. The van der Waals surface area contributed by atoms with Crippen LogP contribution in [0.3, 0.4) is 0 Å². The second-order valence-electron chi connectivity index (χ2n) is 5.99. The van der Waals surface area contributed by atoms with Crippen LogP contribution >= 0.6 is 23.2 Å². The zero-order valence-electron chi connectivity index (χ0n) is 13.8. The normalized spacial score (nSPS) is 11.6. The number of fused-ring (bicyclic) bond motifs is 1. The summed E-state index contributed by atoms with van der Waals surface area (Å²) in [6, 6.07) is 13.0. The third kappa shape index (κ3) is 3.70. The summed E-state index contributed by atoms with van der Waals surface area (Å²) in [6.07, 6.45) is 1.53. The number of aromatic amines is 1. The van der Waals surface area contributed by atoms with Crippen molar-refractivity contribution in [1.82, 2.24) is 10.4 Å². The Morgan fingerprint density at radius 2 is 1.92 bits per heavy atom. The predicted molar refractivity (Wildman–Crippen MR) is 104 cm³/mol. The molecule has 0 unspecified atom stereocenters. The molecule has 128 valence electrons. The van der Waals surface area contributed by atoms with Crippen LogP contribution in [0.15, 0.2) is 47.6 Å². The molecule has 0 radical (unpaired) electrons. The highest BCUT2D eigenvalue weighted by molar-refractivity contribution is 6.42. The van der Waals surface area contributed by atoms with Gasteiger partial charge in [-0.1, -0.05) is 61.3 Å². The predicted octanol–water partition coefficient (Wildman–Crippen LogP) is 5.36. The first kappa shape index (κ1) is 17.5. The number of nitrogens with one attached hydrogen (secondary N) is 2. The lowest BCUT2D eigenvalue weighted by atomic mass is 9.99. The topological polar surface area (TPSA) is 57.2 Å². The summed E-state index contributed by atoms with van der Waals surface area (Å²) in [7, 11) is 0. The van der Waals surface area contributed by atoms with Gasteiger partial charge in [0.1, 0.15) is 5.69 Å². The Labute approximate surface area is 155 Å². The van der Waals surface area contributed by atoms with E-state index in [9.17, 15) is 4.79 Å². The van der Waals surface area contributed by atoms with E-state index in [2.05, 4.69) is 29.4 Å². The Bertz CT molecular complexity index is 960. The van der Waals surface area contributed by atoms with E-state index in [4.69, 9.17) is 23.2 Å². The van der Waals surface area contributed by atoms with E-state index >= 15 is 0 Å². The van der Waals surface area contributed by atoms with Crippen molar-refractivity contribution in [3.63, 3.8) is 0 Å². The van der Waals surface area contributed by atoms with Gasteiger partial charge in [-0.3, -0.25) is 4.79 Å². The average Bonchev–Trinajstić information content (AvgIpc) is 2.98. The monoisotopic (exact) mass is 373 g/mol. The van der Waals surface area contributed by atoms with Crippen LogP contribution in [0.1, 0.15) is 41.4 Å². The van der Waals surface area contributed by atoms with Crippen LogP contribution in [-0.4, -0.2) is 17.1 Å². The van der Waals surface area contributed by atoms with Crippen LogP contribution < -0.4 is 5.43 Å². The molecular weight excluding hydrogens is 357 g/mol. The lowest BCUT2D eigenvalue weighted by Gasteiger charge is -2.07.